The highest BCUT2D eigenvalue weighted by atomic mass is 28.4. The van der Waals surface area contributed by atoms with Crippen LogP contribution in [0.15, 0.2) is 60.2 Å². The zero-order valence-electron chi connectivity index (χ0n) is 14.6. The highest BCUT2D eigenvalue weighted by Gasteiger charge is 2.37. The Balaban J connectivity index is 1.94. The van der Waals surface area contributed by atoms with Crippen LogP contribution in [-0.4, -0.2) is 40.3 Å². The van der Waals surface area contributed by atoms with E-state index in [0.717, 1.165) is 17.2 Å². The number of hydrogen-bond acceptors (Lipinski definition) is 4. The molecule has 1 atom stereocenters. The number of benzene rings is 1. The van der Waals surface area contributed by atoms with Crippen LogP contribution in [0.3, 0.4) is 0 Å². The van der Waals surface area contributed by atoms with Gasteiger partial charge in [-0.2, -0.15) is 0 Å². The highest BCUT2D eigenvalue weighted by molar-refractivity contribution is 6.60. The van der Waals surface area contributed by atoms with E-state index < -0.39 is 14.4 Å². The van der Waals surface area contributed by atoms with E-state index in [4.69, 9.17) is 13.3 Å². The Morgan fingerprint density at radius 1 is 1.21 bits per heavy atom. The molecule has 0 saturated heterocycles. The van der Waals surface area contributed by atoms with Crippen molar-refractivity contribution in [3.05, 3.63) is 65.8 Å². The van der Waals surface area contributed by atoms with Crippen molar-refractivity contribution in [1.29, 1.82) is 0 Å². The summed E-state index contributed by atoms with van der Waals surface area (Å²) in [7, 11) is 0.697. The Morgan fingerprint density at radius 3 is 2.46 bits per heavy atom. The van der Waals surface area contributed by atoms with Crippen LogP contribution >= 0.6 is 0 Å². The molecular weight excluding hydrogens is 320 g/mol. The molecule has 5 heteroatoms. The molecule has 1 aliphatic rings. The van der Waals surface area contributed by atoms with Crippen molar-refractivity contribution in [2.45, 2.75) is 25.0 Å². The van der Waals surface area contributed by atoms with E-state index in [2.05, 4.69) is 0 Å². The van der Waals surface area contributed by atoms with Gasteiger partial charge in [0.15, 0.2) is 0 Å². The van der Waals surface area contributed by atoms with E-state index in [1.54, 1.807) is 20.3 Å². The van der Waals surface area contributed by atoms with Crippen molar-refractivity contribution < 1.29 is 18.4 Å². The fourth-order valence-electron chi connectivity index (χ4n) is 2.50. The zero-order chi connectivity index (χ0) is 17.5. The van der Waals surface area contributed by atoms with Gasteiger partial charge in [-0.05, 0) is 23.3 Å². The summed E-state index contributed by atoms with van der Waals surface area (Å²) in [5.74, 6) is 0. The summed E-state index contributed by atoms with van der Waals surface area (Å²) in [6, 6.07) is 10.7. The van der Waals surface area contributed by atoms with Crippen LogP contribution in [0.4, 0.5) is 0 Å². The first kappa shape index (κ1) is 18.8. The van der Waals surface area contributed by atoms with Crippen molar-refractivity contribution >= 4 is 14.9 Å². The van der Waals surface area contributed by atoms with E-state index in [1.165, 1.54) is 0 Å². The molecule has 0 aromatic heterocycles. The second-order valence-electron chi connectivity index (χ2n) is 5.79. The zero-order valence-corrected chi connectivity index (χ0v) is 15.6. The minimum Gasteiger partial charge on any atom is -0.381 e. The van der Waals surface area contributed by atoms with Gasteiger partial charge in [0.2, 0.25) is 0 Å². The SMILES string of the molecule is CC[Si](OC)(OC)OCC1=CCC(O)(C=Cc2ccccc2)C=C1. The molecular formula is C19H26O4Si. The Morgan fingerprint density at radius 2 is 1.92 bits per heavy atom. The average molecular weight is 346 g/mol. The van der Waals surface area contributed by atoms with Gasteiger partial charge >= 0.3 is 8.80 Å². The standard InChI is InChI=1S/C19H26O4Si/c1-4-24(21-2,22-3)23-16-18-11-14-19(20,15-12-18)13-10-17-8-6-5-7-9-17/h5-14,20H,4,15-16H2,1-3H3. The summed E-state index contributed by atoms with van der Waals surface area (Å²) >= 11 is 0. The highest BCUT2D eigenvalue weighted by Crippen LogP contribution is 2.24. The van der Waals surface area contributed by atoms with Crippen LogP contribution in [0.25, 0.3) is 6.08 Å². The molecule has 0 saturated carbocycles. The number of aliphatic hydroxyl groups is 1. The van der Waals surface area contributed by atoms with Crippen LogP contribution in [0.1, 0.15) is 18.9 Å². The fraction of sp³-hybridized carbons (Fsp3) is 0.368. The maximum Gasteiger partial charge on any atom is 0.500 e. The Bertz CT molecular complexity index is 597. The molecule has 4 nitrogen and oxygen atoms in total. The van der Waals surface area contributed by atoms with Crippen molar-refractivity contribution in [2.24, 2.45) is 0 Å². The van der Waals surface area contributed by atoms with Crippen LogP contribution in [-0.2, 0) is 13.3 Å². The van der Waals surface area contributed by atoms with Gasteiger partial charge in [0.05, 0.1) is 6.61 Å². The summed E-state index contributed by atoms with van der Waals surface area (Å²) in [4.78, 5) is 0. The second kappa shape index (κ2) is 8.55. The third-order valence-corrected chi connectivity index (χ3v) is 6.85. The Kier molecular flexibility index (Phi) is 6.71. The van der Waals surface area contributed by atoms with E-state index >= 15 is 0 Å². The molecule has 1 aromatic carbocycles. The molecule has 1 N–H and O–H groups in total. The minimum absolute atomic E-state index is 0.427. The molecule has 0 heterocycles. The molecule has 1 aromatic rings. The first-order valence-corrected chi connectivity index (χ1v) is 10.1. The van der Waals surface area contributed by atoms with Crippen molar-refractivity contribution in [1.82, 2.24) is 0 Å². The molecule has 0 aliphatic heterocycles. The quantitative estimate of drug-likeness (QED) is 0.731. The minimum atomic E-state index is -2.55. The maximum atomic E-state index is 10.6. The van der Waals surface area contributed by atoms with Gasteiger partial charge < -0.3 is 18.4 Å². The predicted molar refractivity (Wildman–Crippen MR) is 98.5 cm³/mol. The lowest BCUT2D eigenvalue weighted by Crippen LogP contribution is -2.43. The molecule has 0 bridgehead atoms. The third-order valence-electron chi connectivity index (χ3n) is 4.15. The average Bonchev–Trinajstić information content (AvgIpc) is 2.64. The smallest absolute Gasteiger partial charge is 0.381 e. The van der Waals surface area contributed by atoms with Gasteiger partial charge in [-0.3, -0.25) is 0 Å². The van der Waals surface area contributed by atoms with Crippen LogP contribution < -0.4 is 0 Å². The molecule has 130 valence electrons. The van der Waals surface area contributed by atoms with Crippen LogP contribution in [0.5, 0.6) is 0 Å². The molecule has 0 radical (unpaired) electrons. The summed E-state index contributed by atoms with van der Waals surface area (Å²) < 4.78 is 16.8. The summed E-state index contributed by atoms with van der Waals surface area (Å²) in [6.45, 7) is 2.42. The lowest BCUT2D eigenvalue weighted by Gasteiger charge is -2.27. The molecule has 2 rings (SSSR count). The summed E-state index contributed by atoms with van der Waals surface area (Å²) in [5.41, 5.74) is 1.13. The Hall–Kier alpha value is -1.50. The van der Waals surface area contributed by atoms with Crippen LogP contribution in [0, 0.1) is 0 Å². The van der Waals surface area contributed by atoms with E-state index in [0.29, 0.717) is 13.0 Å². The second-order valence-corrected chi connectivity index (χ2v) is 8.96. The lowest BCUT2D eigenvalue weighted by molar-refractivity contribution is 0.108. The van der Waals surface area contributed by atoms with Gasteiger partial charge in [-0.15, -0.1) is 0 Å². The lowest BCUT2D eigenvalue weighted by atomic mass is 9.91. The van der Waals surface area contributed by atoms with Gasteiger partial charge in [-0.25, -0.2) is 0 Å². The summed E-state index contributed by atoms with van der Waals surface area (Å²) in [6.07, 6.45) is 9.98. The van der Waals surface area contributed by atoms with Gasteiger partial charge in [0.25, 0.3) is 0 Å². The van der Waals surface area contributed by atoms with Crippen molar-refractivity contribution in [3.8, 4) is 0 Å². The molecule has 0 spiro atoms. The molecule has 1 unspecified atom stereocenters. The molecule has 1 aliphatic carbocycles. The summed E-state index contributed by atoms with van der Waals surface area (Å²) in [5, 5.41) is 10.6. The largest absolute Gasteiger partial charge is 0.500 e. The van der Waals surface area contributed by atoms with E-state index in [-0.39, 0.29) is 0 Å². The molecule has 0 amide bonds. The molecule has 24 heavy (non-hydrogen) atoms. The topological polar surface area (TPSA) is 47.9 Å². The first-order chi connectivity index (χ1) is 11.5. The van der Waals surface area contributed by atoms with Crippen molar-refractivity contribution in [3.63, 3.8) is 0 Å². The van der Waals surface area contributed by atoms with Gasteiger partial charge in [0.1, 0.15) is 5.60 Å². The van der Waals surface area contributed by atoms with E-state index in [1.807, 2.05) is 61.6 Å². The normalized spacial score (nSPS) is 21.2. The van der Waals surface area contributed by atoms with Gasteiger partial charge in [0, 0.05) is 26.7 Å². The monoisotopic (exact) mass is 346 g/mol. The molecule has 0 fully saturated rings. The van der Waals surface area contributed by atoms with Gasteiger partial charge in [-0.1, -0.05) is 55.5 Å². The van der Waals surface area contributed by atoms with Crippen LogP contribution in [0.2, 0.25) is 6.04 Å². The third kappa shape index (κ3) is 4.99. The number of rotatable bonds is 8. The maximum absolute atomic E-state index is 10.6. The Labute approximate surface area is 145 Å². The van der Waals surface area contributed by atoms with Crippen molar-refractivity contribution in [2.75, 3.05) is 20.8 Å². The van der Waals surface area contributed by atoms with E-state index in [9.17, 15) is 5.11 Å². The fourth-order valence-corrected chi connectivity index (χ4v) is 4.07. The first-order valence-electron chi connectivity index (χ1n) is 8.14. The predicted octanol–water partition coefficient (Wildman–Crippen LogP) is 3.59. The number of hydrogen-bond donors (Lipinski definition) is 1.